The van der Waals surface area contributed by atoms with E-state index in [2.05, 4.69) is 201 Å². The lowest BCUT2D eigenvalue weighted by atomic mass is 9.80. The zero-order chi connectivity index (χ0) is 46.1. The first-order valence-electron chi connectivity index (χ1n) is 23.9. The lowest BCUT2D eigenvalue weighted by molar-refractivity contribution is 1.54. The standard InChI is InChI=1S/C62H36S2.C5H8/c1-3-10-43-33(2)52-44(20-17-40-27-34-11-4-7-14-37(34)30-49(40)52)56-55(43)57-45-21-18-41-28-35-12-5-8-15-38(35)31-50(41)53(45)62-48(24-26-64-62)60(57)58-46-22-19-42-29-36-13-6-9-16-39(36)32-51(42)54(46)61-47(59(56)58)23-25-63-61;1-3-5-4-2/h3-32H,1-2H3;3-5H,1H2,2H3/b10-3-;5-4-. The van der Waals surface area contributed by atoms with Crippen LogP contribution in [0.5, 0.6) is 0 Å². The average molecular weight is 913 g/mol. The zero-order valence-corrected chi connectivity index (χ0v) is 40.2. The van der Waals surface area contributed by atoms with Crippen molar-refractivity contribution in [2.75, 3.05) is 0 Å². The largest absolute Gasteiger partial charge is 0.143 e. The Kier molecular flexibility index (Phi) is 8.93. The van der Waals surface area contributed by atoms with Crippen LogP contribution < -0.4 is 0 Å². The second-order valence-electron chi connectivity index (χ2n) is 18.6. The fourth-order valence-corrected chi connectivity index (χ4v) is 14.1. The quantitative estimate of drug-likeness (QED) is 0.0921. The Morgan fingerprint density at radius 2 is 0.725 bits per heavy atom. The van der Waals surface area contributed by atoms with Crippen LogP contribution in [0.4, 0.5) is 0 Å². The summed E-state index contributed by atoms with van der Waals surface area (Å²) in [6.45, 7) is 9.99. The third-order valence-electron chi connectivity index (χ3n) is 15.0. The summed E-state index contributed by atoms with van der Waals surface area (Å²) in [6, 6.07) is 60.4. The molecule has 0 saturated carbocycles. The highest BCUT2D eigenvalue weighted by Gasteiger charge is 2.26. The van der Waals surface area contributed by atoms with E-state index in [1.165, 1.54) is 161 Å². The molecule has 2 heteroatoms. The minimum absolute atomic E-state index is 1.27. The molecule has 0 aliphatic rings. The molecule has 0 atom stereocenters. The Labute approximate surface area is 406 Å². The van der Waals surface area contributed by atoms with Crippen molar-refractivity contribution in [1.82, 2.24) is 0 Å². The molecular weight excluding hydrogens is 869 g/mol. The van der Waals surface area contributed by atoms with E-state index >= 15 is 0 Å². The van der Waals surface area contributed by atoms with Gasteiger partial charge in [-0.25, -0.2) is 0 Å². The Bertz CT molecular complexity index is 4760. The van der Waals surface area contributed by atoms with Gasteiger partial charge in [0.05, 0.1) is 0 Å². The van der Waals surface area contributed by atoms with E-state index in [9.17, 15) is 0 Å². The number of fused-ring (bicyclic) bond motifs is 27. The zero-order valence-electron chi connectivity index (χ0n) is 38.6. The van der Waals surface area contributed by atoms with Gasteiger partial charge in [-0.1, -0.05) is 146 Å². The van der Waals surface area contributed by atoms with Crippen LogP contribution in [-0.4, -0.2) is 0 Å². The van der Waals surface area contributed by atoms with E-state index in [4.69, 9.17) is 0 Å². The molecule has 0 aliphatic carbocycles. The first-order chi connectivity index (χ1) is 34.0. The van der Waals surface area contributed by atoms with Gasteiger partial charge in [-0.3, -0.25) is 0 Å². The highest BCUT2D eigenvalue weighted by Crippen LogP contribution is 2.55. The molecule has 15 rings (SSSR count). The van der Waals surface area contributed by atoms with Crippen molar-refractivity contribution in [3.05, 3.63) is 210 Å². The smallest absolute Gasteiger partial charge is 0.0434 e. The maximum atomic E-state index is 3.46. The van der Waals surface area contributed by atoms with E-state index in [-0.39, 0.29) is 0 Å². The summed E-state index contributed by atoms with van der Waals surface area (Å²) in [5.74, 6) is 0. The second kappa shape index (κ2) is 15.3. The van der Waals surface area contributed by atoms with Gasteiger partial charge in [0.25, 0.3) is 0 Å². The molecule has 0 radical (unpaired) electrons. The predicted octanol–water partition coefficient (Wildman–Crippen LogP) is 21.0. The monoisotopic (exact) mass is 912 g/mol. The van der Waals surface area contributed by atoms with Gasteiger partial charge >= 0.3 is 0 Å². The summed E-state index contributed by atoms with van der Waals surface area (Å²) in [5, 5.41) is 38.9. The van der Waals surface area contributed by atoms with Gasteiger partial charge in [0, 0.05) is 41.7 Å². The van der Waals surface area contributed by atoms with Crippen molar-refractivity contribution in [3.8, 4) is 0 Å². The van der Waals surface area contributed by atoms with E-state index in [1.807, 2.05) is 41.7 Å². The molecule has 0 aliphatic heterocycles. The van der Waals surface area contributed by atoms with Crippen molar-refractivity contribution in [3.63, 3.8) is 0 Å². The Hall–Kier alpha value is -7.88. The molecule has 0 saturated heterocycles. The molecule has 0 fully saturated rings. The molecule has 0 nitrogen and oxygen atoms in total. The third kappa shape index (κ3) is 5.68. The van der Waals surface area contributed by atoms with Crippen molar-refractivity contribution in [1.29, 1.82) is 0 Å². The van der Waals surface area contributed by atoms with Gasteiger partial charge in [-0.15, -0.1) is 22.7 Å². The number of rotatable bonds is 2. The minimum Gasteiger partial charge on any atom is -0.143 e. The summed E-state index contributed by atoms with van der Waals surface area (Å²) in [4.78, 5) is 0. The highest BCUT2D eigenvalue weighted by molar-refractivity contribution is 7.19. The molecule has 0 bridgehead atoms. The van der Waals surface area contributed by atoms with Crippen LogP contribution >= 0.6 is 22.7 Å². The van der Waals surface area contributed by atoms with Crippen molar-refractivity contribution < 1.29 is 0 Å². The average Bonchev–Trinajstić information content (AvgIpc) is 4.09. The topological polar surface area (TPSA) is 0 Å². The molecule has 0 spiro atoms. The fourth-order valence-electron chi connectivity index (χ4n) is 12.2. The van der Waals surface area contributed by atoms with Crippen molar-refractivity contribution >= 4 is 178 Å². The summed E-state index contributed by atoms with van der Waals surface area (Å²) < 4.78 is 2.72. The van der Waals surface area contributed by atoms with Crippen LogP contribution in [-0.2, 0) is 0 Å². The number of allylic oxidation sites excluding steroid dienone is 4. The number of hydrogen-bond donors (Lipinski definition) is 0. The van der Waals surface area contributed by atoms with Crippen LogP contribution in [0.1, 0.15) is 25.0 Å². The molecular formula is C67H44S2. The molecule has 15 aromatic rings. The molecule has 69 heavy (non-hydrogen) atoms. The maximum absolute atomic E-state index is 3.46. The minimum atomic E-state index is 1.27. The van der Waals surface area contributed by atoms with E-state index in [0.29, 0.717) is 0 Å². The van der Waals surface area contributed by atoms with Gasteiger partial charge in [-0.05, 0) is 199 Å². The van der Waals surface area contributed by atoms with Gasteiger partial charge in [0.2, 0.25) is 0 Å². The first kappa shape index (κ1) is 40.2. The number of thiophene rings is 2. The van der Waals surface area contributed by atoms with Gasteiger partial charge in [0.15, 0.2) is 0 Å². The summed E-state index contributed by atoms with van der Waals surface area (Å²) in [7, 11) is 0. The van der Waals surface area contributed by atoms with Crippen LogP contribution in [0.3, 0.4) is 0 Å². The van der Waals surface area contributed by atoms with Gasteiger partial charge in [0.1, 0.15) is 0 Å². The molecule has 0 unspecified atom stereocenters. The van der Waals surface area contributed by atoms with Crippen LogP contribution in [0.2, 0.25) is 0 Å². The van der Waals surface area contributed by atoms with E-state index in [1.54, 1.807) is 6.08 Å². The molecule has 2 aromatic heterocycles. The van der Waals surface area contributed by atoms with Crippen molar-refractivity contribution in [2.45, 2.75) is 20.8 Å². The van der Waals surface area contributed by atoms with Crippen molar-refractivity contribution in [2.24, 2.45) is 0 Å². The highest BCUT2D eigenvalue weighted by atomic mass is 32.1. The lowest BCUT2D eigenvalue weighted by Crippen LogP contribution is -1.96. The lowest BCUT2D eigenvalue weighted by Gasteiger charge is -2.23. The van der Waals surface area contributed by atoms with E-state index < -0.39 is 0 Å². The summed E-state index contributed by atoms with van der Waals surface area (Å²) >= 11 is 3.78. The SMILES string of the molecule is C/C=C\c1c(C)c2c3cc4ccccc4cc3ccc2c2c1c1c3ccc4cc5ccccc5cc4c3c3sccc3c1c1c3ccc4cc5ccccc5cc4c3c3sccc3c21.C=C/C=C\C. The number of benzene rings is 13. The van der Waals surface area contributed by atoms with E-state index in [0.717, 1.165) is 0 Å². The van der Waals surface area contributed by atoms with Gasteiger partial charge < -0.3 is 0 Å². The first-order valence-corrected chi connectivity index (χ1v) is 25.7. The normalized spacial score (nSPS) is 12.5. The number of hydrogen-bond acceptors (Lipinski definition) is 2. The third-order valence-corrected chi connectivity index (χ3v) is 16.9. The predicted molar refractivity (Wildman–Crippen MR) is 312 cm³/mol. The maximum Gasteiger partial charge on any atom is 0.0434 e. The Balaban J connectivity index is 0.000000856. The summed E-state index contributed by atoms with van der Waals surface area (Å²) in [5.41, 5.74) is 2.63. The van der Waals surface area contributed by atoms with Gasteiger partial charge in [-0.2, -0.15) is 0 Å². The molecule has 324 valence electrons. The van der Waals surface area contributed by atoms with Crippen LogP contribution in [0, 0.1) is 6.92 Å². The molecule has 0 amide bonds. The fraction of sp³-hybridized carbons (Fsp3) is 0.0448. The molecule has 13 aromatic carbocycles. The second-order valence-corrected chi connectivity index (χ2v) is 20.4. The number of aryl methyl sites for hydroxylation is 1. The van der Waals surface area contributed by atoms with Crippen LogP contribution in [0.25, 0.3) is 156 Å². The molecule has 2 heterocycles. The summed E-state index contributed by atoms with van der Waals surface area (Å²) in [6.07, 6.45) is 10.2. The Morgan fingerprint density at radius 1 is 0.348 bits per heavy atom. The van der Waals surface area contributed by atoms with Crippen LogP contribution in [0.15, 0.2) is 199 Å². The Morgan fingerprint density at radius 3 is 1.12 bits per heavy atom. The molecule has 0 N–H and O–H groups in total.